The zero-order chi connectivity index (χ0) is 12.8. The highest BCUT2D eigenvalue weighted by molar-refractivity contribution is 5.90. The molecule has 7 heteroatoms. The quantitative estimate of drug-likeness (QED) is 0.714. The number of ether oxygens (including phenoxy) is 2. The lowest BCUT2D eigenvalue weighted by atomic mass is 10.2. The number of rotatable bonds is 6. The minimum Gasteiger partial charge on any atom is -0.462 e. The molecule has 1 heterocycles. The molecule has 5 nitrogen and oxygen atoms in total. The topological polar surface area (TPSA) is 53.4 Å². The Balaban J connectivity index is 2.67. The summed E-state index contributed by atoms with van der Waals surface area (Å²) in [6.45, 7) is 1.10. The minimum absolute atomic E-state index is 0.140. The van der Waals surface area contributed by atoms with Gasteiger partial charge in [0.25, 0.3) is 6.43 Å². The van der Waals surface area contributed by atoms with Crippen LogP contribution in [0.1, 0.15) is 23.0 Å². The molecule has 0 aliphatic heterocycles. The van der Waals surface area contributed by atoms with E-state index >= 15 is 0 Å². The molecule has 0 aliphatic carbocycles. The number of aryl methyl sites for hydroxylation is 1. The maximum Gasteiger partial charge on any atom is 0.341 e. The molecule has 0 fully saturated rings. The lowest BCUT2D eigenvalue weighted by molar-refractivity contribution is 0.00825. The summed E-state index contributed by atoms with van der Waals surface area (Å²) in [6.07, 6.45) is -1.07. The molecular formula is C10H14F2N2O3. The van der Waals surface area contributed by atoms with Gasteiger partial charge in [-0.05, 0) is 6.92 Å². The number of carbonyl (C=O) groups excluding carboxylic acids is 1. The van der Waals surface area contributed by atoms with Crippen LogP contribution in [-0.2, 0) is 23.1 Å². The number of alkyl halides is 2. The molecule has 0 atom stereocenters. The molecule has 0 aliphatic rings. The Labute approximate surface area is 97.3 Å². The standard InChI is InChI=1S/C10H14F2N2O3/c1-3-17-10(15)7-4-14(2)13-8(7)5-16-6-9(11)12/h4,9H,3,5-6H2,1-2H3. The number of nitrogens with zero attached hydrogens (tertiary/aromatic N) is 2. The molecule has 0 radical (unpaired) electrons. The van der Waals surface area contributed by atoms with Gasteiger partial charge in [-0.3, -0.25) is 4.68 Å². The summed E-state index contributed by atoms with van der Waals surface area (Å²) in [7, 11) is 1.62. The van der Waals surface area contributed by atoms with Crippen molar-refractivity contribution in [1.29, 1.82) is 0 Å². The molecule has 1 aromatic rings. The summed E-state index contributed by atoms with van der Waals surface area (Å²) < 4.78 is 34.7. The van der Waals surface area contributed by atoms with Crippen LogP contribution in [-0.4, -0.2) is 35.4 Å². The van der Waals surface area contributed by atoms with Crippen LogP contribution in [0.4, 0.5) is 8.78 Å². The van der Waals surface area contributed by atoms with Crippen LogP contribution in [0.5, 0.6) is 0 Å². The fourth-order valence-electron chi connectivity index (χ4n) is 1.27. The van der Waals surface area contributed by atoms with Crippen molar-refractivity contribution in [3.8, 4) is 0 Å². The van der Waals surface area contributed by atoms with Crippen LogP contribution < -0.4 is 0 Å². The highest BCUT2D eigenvalue weighted by Gasteiger charge is 2.17. The van der Waals surface area contributed by atoms with E-state index in [1.54, 1.807) is 14.0 Å². The number of halogens is 2. The summed E-state index contributed by atoms with van der Waals surface area (Å²) in [5.74, 6) is -0.531. The SMILES string of the molecule is CCOC(=O)c1cn(C)nc1COCC(F)F. The minimum atomic E-state index is -2.54. The van der Waals surface area contributed by atoms with Crippen molar-refractivity contribution < 1.29 is 23.0 Å². The predicted octanol–water partition coefficient (Wildman–Crippen LogP) is 1.38. The van der Waals surface area contributed by atoms with Crippen molar-refractivity contribution in [1.82, 2.24) is 9.78 Å². The number of carbonyl (C=O) groups is 1. The van der Waals surface area contributed by atoms with Crippen LogP contribution in [0.3, 0.4) is 0 Å². The first-order valence-corrected chi connectivity index (χ1v) is 5.10. The summed E-state index contributed by atoms with van der Waals surface area (Å²) in [6, 6.07) is 0. The Bertz CT molecular complexity index is 380. The molecule has 0 aromatic carbocycles. The Morgan fingerprint density at radius 2 is 2.29 bits per heavy atom. The molecule has 1 aromatic heterocycles. The average Bonchev–Trinajstić information content (AvgIpc) is 2.59. The second-order valence-corrected chi connectivity index (χ2v) is 3.29. The summed E-state index contributed by atoms with van der Waals surface area (Å²) in [5, 5.41) is 3.96. The van der Waals surface area contributed by atoms with E-state index < -0.39 is 19.0 Å². The van der Waals surface area contributed by atoms with Crippen molar-refractivity contribution in [2.75, 3.05) is 13.2 Å². The number of aromatic nitrogens is 2. The molecular weight excluding hydrogens is 234 g/mol. The Morgan fingerprint density at radius 3 is 2.88 bits per heavy atom. The van der Waals surface area contributed by atoms with E-state index in [0.717, 1.165) is 0 Å². The summed E-state index contributed by atoms with van der Waals surface area (Å²) >= 11 is 0. The zero-order valence-corrected chi connectivity index (χ0v) is 9.65. The lowest BCUT2D eigenvalue weighted by Gasteiger charge is -2.03. The second-order valence-electron chi connectivity index (χ2n) is 3.29. The monoisotopic (exact) mass is 248 g/mol. The first-order chi connectivity index (χ1) is 8.04. The third-order valence-corrected chi connectivity index (χ3v) is 1.88. The van der Waals surface area contributed by atoms with Crippen molar-refractivity contribution in [3.63, 3.8) is 0 Å². The molecule has 17 heavy (non-hydrogen) atoms. The van der Waals surface area contributed by atoms with Crippen LogP contribution in [0.2, 0.25) is 0 Å². The fraction of sp³-hybridized carbons (Fsp3) is 0.600. The molecule has 0 amide bonds. The van der Waals surface area contributed by atoms with Gasteiger partial charge in [-0.2, -0.15) is 5.10 Å². The number of hydrogen-bond acceptors (Lipinski definition) is 4. The van der Waals surface area contributed by atoms with Crippen molar-refractivity contribution >= 4 is 5.97 Å². The third-order valence-electron chi connectivity index (χ3n) is 1.88. The van der Waals surface area contributed by atoms with Gasteiger partial charge in [-0.1, -0.05) is 0 Å². The van der Waals surface area contributed by atoms with Gasteiger partial charge in [0.15, 0.2) is 0 Å². The highest BCUT2D eigenvalue weighted by atomic mass is 19.3. The first kappa shape index (κ1) is 13.6. The molecule has 1 rings (SSSR count). The van der Waals surface area contributed by atoms with E-state index in [0.29, 0.717) is 5.69 Å². The van der Waals surface area contributed by atoms with E-state index in [1.165, 1.54) is 10.9 Å². The maximum absolute atomic E-state index is 11.9. The molecule has 0 saturated heterocycles. The number of esters is 1. The third kappa shape index (κ3) is 4.10. The molecule has 0 spiro atoms. The van der Waals surface area contributed by atoms with Gasteiger partial charge in [-0.25, -0.2) is 13.6 Å². The van der Waals surface area contributed by atoms with Gasteiger partial charge in [0.05, 0.1) is 13.2 Å². The van der Waals surface area contributed by atoms with Crippen molar-refractivity contribution in [3.05, 3.63) is 17.5 Å². The normalized spacial score (nSPS) is 10.9. The molecule has 0 unspecified atom stereocenters. The van der Waals surface area contributed by atoms with Gasteiger partial charge in [0, 0.05) is 13.2 Å². The van der Waals surface area contributed by atoms with Crippen LogP contribution in [0.25, 0.3) is 0 Å². The molecule has 96 valence electrons. The van der Waals surface area contributed by atoms with Gasteiger partial charge in [0.1, 0.15) is 17.9 Å². The Hall–Kier alpha value is -1.50. The average molecular weight is 248 g/mol. The van der Waals surface area contributed by atoms with Gasteiger partial charge >= 0.3 is 5.97 Å². The smallest absolute Gasteiger partial charge is 0.341 e. The molecule has 0 saturated carbocycles. The van der Waals surface area contributed by atoms with Crippen LogP contribution in [0, 0.1) is 0 Å². The van der Waals surface area contributed by atoms with E-state index in [1.807, 2.05) is 0 Å². The number of hydrogen-bond donors (Lipinski definition) is 0. The largest absolute Gasteiger partial charge is 0.462 e. The van der Waals surface area contributed by atoms with Crippen molar-refractivity contribution in [2.45, 2.75) is 20.0 Å². The summed E-state index contributed by atoms with van der Waals surface area (Å²) in [4.78, 5) is 11.5. The van der Waals surface area contributed by atoms with Gasteiger partial charge in [-0.15, -0.1) is 0 Å². The van der Waals surface area contributed by atoms with Crippen molar-refractivity contribution in [2.24, 2.45) is 7.05 Å². The lowest BCUT2D eigenvalue weighted by Crippen LogP contribution is -2.09. The van der Waals surface area contributed by atoms with E-state index in [4.69, 9.17) is 9.47 Å². The van der Waals surface area contributed by atoms with E-state index in [-0.39, 0.29) is 18.8 Å². The fourth-order valence-corrected chi connectivity index (χ4v) is 1.27. The van der Waals surface area contributed by atoms with Gasteiger partial charge in [0.2, 0.25) is 0 Å². The maximum atomic E-state index is 11.9. The Morgan fingerprint density at radius 1 is 1.59 bits per heavy atom. The predicted molar refractivity (Wildman–Crippen MR) is 54.8 cm³/mol. The highest BCUT2D eigenvalue weighted by Crippen LogP contribution is 2.10. The zero-order valence-electron chi connectivity index (χ0n) is 9.65. The summed E-state index contributed by atoms with van der Waals surface area (Å²) in [5.41, 5.74) is 0.537. The second kappa shape index (κ2) is 6.29. The van der Waals surface area contributed by atoms with E-state index in [9.17, 15) is 13.6 Å². The van der Waals surface area contributed by atoms with Crippen LogP contribution in [0.15, 0.2) is 6.20 Å². The Kier molecular flexibility index (Phi) is 5.02. The molecule has 0 N–H and O–H groups in total. The van der Waals surface area contributed by atoms with Gasteiger partial charge < -0.3 is 9.47 Å². The molecule has 0 bridgehead atoms. The van der Waals surface area contributed by atoms with E-state index in [2.05, 4.69) is 5.10 Å². The van der Waals surface area contributed by atoms with Crippen LogP contribution >= 0.6 is 0 Å². The first-order valence-electron chi connectivity index (χ1n) is 5.10.